The van der Waals surface area contributed by atoms with Crippen molar-refractivity contribution in [3.05, 3.63) is 52.9 Å². The lowest BCUT2D eigenvalue weighted by Crippen LogP contribution is -2.53. The number of carbonyl (C=O) groups is 2. The predicted octanol–water partition coefficient (Wildman–Crippen LogP) is 2.14. The van der Waals surface area contributed by atoms with Gasteiger partial charge in [-0.15, -0.1) is 0 Å². The zero-order valence-corrected chi connectivity index (χ0v) is 20.7. The third kappa shape index (κ3) is 4.22. The minimum Gasteiger partial charge on any atom is -0.369 e. The van der Waals surface area contributed by atoms with E-state index in [2.05, 4.69) is 10.5 Å². The molecule has 2 N–H and O–H groups in total. The van der Waals surface area contributed by atoms with Gasteiger partial charge in [0.2, 0.25) is 10.0 Å². The molecule has 4 aliphatic rings. The number of carbonyl (C=O) groups excluding carboxylic acids is 2. The Balaban J connectivity index is 1.04. The number of sulfonamides is 1. The van der Waals surface area contributed by atoms with Gasteiger partial charge in [0.1, 0.15) is 5.76 Å². The molecule has 3 aliphatic heterocycles. The Morgan fingerprint density at radius 3 is 2.56 bits per heavy atom. The summed E-state index contributed by atoms with van der Waals surface area (Å²) >= 11 is 0. The average Bonchev–Trinajstić information content (AvgIpc) is 3.44. The van der Waals surface area contributed by atoms with Crippen LogP contribution in [0.5, 0.6) is 0 Å². The molecule has 11 heteroatoms. The van der Waals surface area contributed by atoms with E-state index in [4.69, 9.17) is 4.52 Å². The number of nitrogens with zero attached hydrogens (tertiary/aromatic N) is 3. The monoisotopic (exact) mass is 514 g/mol. The van der Waals surface area contributed by atoms with Crippen molar-refractivity contribution in [2.75, 3.05) is 12.3 Å². The van der Waals surface area contributed by atoms with Crippen LogP contribution in [0.15, 0.2) is 34.9 Å². The van der Waals surface area contributed by atoms with Gasteiger partial charge in [-0.2, -0.15) is 4.31 Å². The smallest absolute Gasteiger partial charge is 0.273 e. The van der Waals surface area contributed by atoms with Gasteiger partial charge in [0.25, 0.3) is 11.8 Å². The highest BCUT2D eigenvalue weighted by molar-refractivity contribution is 7.89. The van der Waals surface area contributed by atoms with E-state index in [0.717, 1.165) is 31.4 Å². The summed E-state index contributed by atoms with van der Waals surface area (Å²) in [6.45, 7) is 0.163. The van der Waals surface area contributed by atoms with Crippen LogP contribution in [0.2, 0.25) is 0 Å². The predicted molar refractivity (Wildman–Crippen MR) is 128 cm³/mol. The zero-order valence-electron chi connectivity index (χ0n) is 19.9. The molecule has 1 saturated carbocycles. The van der Waals surface area contributed by atoms with Gasteiger partial charge in [0, 0.05) is 47.8 Å². The first-order valence-corrected chi connectivity index (χ1v) is 14.3. The van der Waals surface area contributed by atoms with Crippen molar-refractivity contribution >= 4 is 21.8 Å². The Hall–Kier alpha value is -2.76. The molecule has 0 radical (unpaired) electrons. The maximum absolute atomic E-state index is 13.3. The van der Waals surface area contributed by atoms with Crippen LogP contribution < -0.4 is 5.32 Å². The van der Waals surface area contributed by atoms with E-state index in [-0.39, 0.29) is 54.4 Å². The summed E-state index contributed by atoms with van der Waals surface area (Å²) in [7, 11) is -3.54. The van der Waals surface area contributed by atoms with Crippen LogP contribution in [0.4, 0.5) is 0 Å². The molecule has 36 heavy (non-hydrogen) atoms. The van der Waals surface area contributed by atoms with Crippen molar-refractivity contribution < 1.29 is 27.6 Å². The summed E-state index contributed by atoms with van der Waals surface area (Å²) in [6.07, 6.45) is 3.99. The van der Waals surface area contributed by atoms with E-state index in [1.807, 2.05) is 0 Å². The number of piperidine rings is 1. The number of hydrogen-bond donors (Lipinski definition) is 2. The van der Waals surface area contributed by atoms with Crippen LogP contribution >= 0.6 is 0 Å². The topological polar surface area (TPSA) is 133 Å². The molecule has 192 valence electrons. The fourth-order valence-corrected chi connectivity index (χ4v) is 8.02. The Morgan fingerprint density at radius 2 is 1.86 bits per heavy atom. The van der Waals surface area contributed by atoms with Crippen LogP contribution in [0, 0.1) is 0 Å². The summed E-state index contributed by atoms with van der Waals surface area (Å²) in [5, 5.41) is 17.4. The van der Waals surface area contributed by atoms with Gasteiger partial charge in [-0.1, -0.05) is 23.4 Å². The van der Waals surface area contributed by atoms with E-state index >= 15 is 0 Å². The molecule has 2 amide bonds. The highest BCUT2D eigenvalue weighted by Gasteiger charge is 2.47. The number of benzene rings is 1. The molecule has 10 nitrogen and oxygen atoms in total. The zero-order chi connectivity index (χ0) is 25.0. The highest BCUT2D eigenvalue weighted by Crippen LogP contribution is 2.41. The van der Waals surface area contributed by atoms with Gasteiger partial charge in [0.15, 0.2) is 11.9 Å². The molecular formula is C25H30N4O6S. The van der Waals surface area contributed by atoms with Gasteiger partial charge < -0.3 is 19.8 Å². The molecule has 4 heterocycles. The highest BCUT2D eigenvalue weighted by atomic mass is 32.2. The second-order valence-electron chi connectivity index (χ2n) is 10.4. The number of aliphatic hydroxyl groups is 1. The maximum atomic E-state index is 13.3. The minimum atomic E-state index is -3.54. The van der Waals surface area contributed by atoms with Crippen LogP contribution in [-0.4, -0.2) is 70.1 Å². The Kier molecular flexibility index (Phi) is 5.88. The molecule has 2 saturated heterocycles. The molecule has 3 fully saturated rings. The van der Waals surface area contributed by atoms with Gasteiger partial charge >= 0.3 is 0 Å². The molecule has 1 aromatic heterocycles. The molecule has 4 atom stereocenters. The van der Waals surface area contributed by atoms with Crippen molar-refractivity contribution in [1.29, 1.82) is 0 Å². The summed E-state index contributed by atoms with van der Waals surface area (Å²) in [4.78, 5) is 26.6. The Bertz CT molecular complexity index is 1270. The Labute approximate surface area is 209 Å². The van der Waals surface area contributed by atoms with Gasteiger partial charge in [-0.25, -0.2) is 8.42 Å². The third-order valence-electron chi connectivity index (χ3n) is 7.89. The third-order valence-corrected chi connectivity index (χ3v) is 9.93. The van der Waals surface area contributed by atoms with Crippen LogP contribution in [0.1, 0.15) is 89.3 Å². The van der Waals surface area contributed by atoms with Gasteiger partial charge in [-0.05, 0) is 51.0 Å². The molecule has 1 aromatic carbocycles. The molecule has 2 bridgehead atoms. The average molecular weight is 515 g/mol. The SMILES string of the molecule is O=C(N[C@H]1C[C@H]2CC[C@@H](C1)N2S(=O)(=O)CCCN1C(=O)c2ccccc2C1O)c1cc(C2CC2)on1. The van der Waals surface area contributed by atoms with Crippen LogP contribution in [0.3, 0.4) is 0 Å². The Morgan fingerprint density at radius 1 is 1.14 bits per heavy atom. The van der Waals surface area contributed by atoms with Gasteiger partial charge in [-0.3, -0.25) is 9.59 Å². The quantitative estimate of drug-likeness (QED) is 0.551. The van der Waals surface area contributed by atoms with E-state index in [1.54, 1.807) is 34.6 Å². The van der Waals surface area contributed by atoms with Crippen molar-refractivity contribution in [3.8, 4) is 0 Å². The van der Waals surface area contributed by atoms with Crippen molar-refractivity contribution in [1.82, 2.24) is 19.7 Å². The van der Waals surface area contributed by atoms with Crippen molar-refractivity contribution in [2.24, 2.45) is 0 Å². The summed E-state index contributed by atoms with van der Waals surface area (Å²) in [6, 6.07) is 8.19. The van der Waals surface area contributed by atoms with E-state index < -0.39 is 16.3 Å². The number of hydrogen-bond acceptors (Lipinski definition) is 7. The number of rotatable bonds is 8. The lowest BCUT2D eigenvalue weighted by atomic mass is 9.99. The minimum absolute atomic E-state index is 0.0905. The van der Waals surface area contributed by atoms with E-state index in [9.17, 15) is 23.1 Å². The fourth-order valence-electron chi connectivity index (χ4n) is 6.02. The molecule has 2 aromatic rings. The first-order valence-electron chi connectivity index (χ1n) is 12.7. The lowest BCUT2D eigenvalue weighted by molar-refractivity contribution is 0.0177. The first-order chi connectivity index (χ1) is 17.3. The normalized spacial score (nSPS) is 27.9. The molecular weight excluding hydrogens is 484 g/mol. The second-order valence-corrected chi connectivity index (χ2v) is 12.4. The largest absolute Gasteiger partial charge is 0.369 e. The number of fused-ring (bicyclic) bond motifs is 3. The van der Waals surface area contributed by atoms with Crippen LogP contribution in [-0.2, 0) is 10.0 Å². The van der Waals surface area contributed by atoms with Crippen molar-refractivity contribution in [2.45, 2.75) is 75.2 Å². The molecule has 1 unspecified atom stereocenters. The molecule has 0 spiro atoms. The number of amides is 2. The standard InChI is InChI=1S/C25H30N4O6S/c30-23(21-14-22(35-27-21)15-6-7-15)26-16-12-17-8-9-18(13-16)29(17)36(33,34)11-3-10-28-24(31)19-4-1-2-5-20(19)25(28)32/h1-2,4-5,14-18,24,31H,3,6-13H2,(H,26,30)/t16-,17+,18-,24?. The lowest BCUT2D eigenvalue weighted by Gasteiger charge is -2.38. The number of aliphatic hydroxyl groups excluding tert-OH is 1. The fraction of sp³-hybridized carbons (Fsp3) is 0.560. The van der Waals surface area contributed by atoms with E-state index in [1.165, 1.54) is 4.90 Å². The summed E-state index contributed by atoms with van der Waals surface area (Å²) in [5.74, 6) is 0.496. The maximum Gasteiger partial charge on any atom is 0.273 e. The first kappa shape index (κ1) is 23.6. The number of nitrogens with one attached hydrogen (secondary N) is 1. The second kappa shape index (κ2) is 8.97. The summed E-state index contributed by atoms with van der Waals surface area (Å²) < 4.78 is 33.5. The van der Waals surface area contributed by atoms with Crippen LogP contribution in [0.25, 0.3) is 0 Å². The van der Waals surface area contributed by atoms with Crippen molar-refractivity contribution in [3.63, 3.8) is 0 Å². The summed E-state index contributed by atoms with van der Waals surface area (Å²) in [5.41, 5.74) is 1.30. The molecule has 1 aliphatic carbocycles. The molecule has 6 rings (SSSR count). The number of aromatic nitrogens is 1. The van der Waals surface area contributed by atoms with Gasteiger partial charge in [0.05, 0.1) is 5.75 Å². The van der Waals surface area contributed by atoms with E-state index in [0.29, 0.717) is 29.9 Å².